The Morgan fingerprint density at radius 2 is 1.79 bits per heavy atom. The van der Waals surface area contributed by atoms with Gasteiger partial charge in [0.2, 0.25) is 5.91 Å². The Morgan fingerprint density at radius 3 is 2.52 bits per heavy atom. The summed E-state index contributed by atoms with van der Waals surface area (Å²) in [7, 11) is 0. The number of fused-ring (bicyclic) bond motifs is 1. The molecule has 5 heteroatoms. The van der Waals surface area contributed by atoms with Crippen LogP contribution in [0.25, 0.3) is 10.8 Å². The Hall–Kier alpha value is -3.34. The van der Waals surface area contributed by atoms with Crippen molar-refractivity contribution in [1.82, 2.24) is 10.6 Å². The minimum Gasteiger partial charge on any atom is -0.334 e. The van der Waals surface area contributed by atoms with Crippen LogP contribution in [0, 0.1) is 0 Å². The summed E-state index contributed by atoms with van der Waals surface area (Å²) in [5, 5.41) is 8.24. The molecule has 1 saturated heterocycles. The largest absolute Gasteiger partial charge is 0.334 e. The summed E-state index contributed by atoms with van der Waals surface area (Å²) >= 11 is 0. The predicted octanol–water partition coefficient (Wildman–Crippen LogP) is 4.53. The molecule has 0 spiro atoms. The second-order valence-electron chi connectivity index (χ2n) is 7.47. The first-order valence-corrected chi connectivity index (χ1v) is 10.0. The molecule has 4 rings (SSSR count). The number of carbonyl (C=O) groups excluding carboxylic acids is 2. The van der Waals surface area contributed by atoms with Crippen molar-refractivity contribution in [3.8, 4) is 0 Å². The van der Waals surface area contributed by atoms with Crippen molar-refractivity contribution in [3.63, 3.8) is 0 Å². The van der Waals surface area contributed by atoms with Gasteiger partial charge in [-0.05, 0) is 53.4 Å². The second kappa shape index (κ2) is 8.35. The SMILES string of the molecule is CC(NC(=O)NCc1ccc(N2CCCC2=O)cc1)c1ccc2ccccc2c1. The van der Waals surface area contributed by atoms with Crippen molar-refractivity contribution in [2.24, 2.45) is 0 Å². The summed E-state index contributed by atoms with van der Waals surface area (Å²) in [6.07, 6.45) is 1.54. The minimum absolute atomic E-state index is 0.0943. The van der Waals surface area contributed by atoms with E-state index in [2.05, 4.69) is 34.9 Å². The van der Waals surface area contributed by atoms with Gasteiger partial charge in [0, 0.05) is 25.2 Å². The standard InChI is InChI=1S/C24H25N3O2/c1-17(20-11-10-19-5-2-3-6-21(19)15-20)26-24(29)25-16-18-8-12-22(13-9-18)27-14-4-7-23(27)28/h2-3,5-6,8-13,15,17H,4,7,14,16H2,1H3,(H2,25,26,29). The maximum atomic E-state index is 12.3. The van der Waals surface area contributed by atoms with Crippen molar-refractivity contribution in [2.45, 2.75) is 32.4 Å². The summed E-state index contributed by atoms with van der Waals surface area (Å²) in [6, 6.07) is 21.9. The second-order valence-corrected chi connectivity index (χ2v) is 7.47. The highest BCUT2D eigenvalue weighted by Gasteiger charge is 2.21. The molecule has 1 fully saturated rings. The molecule has 3 aromatic carbocycles. The average Bonchev–Trinajstić information content (AvgIpc) is 3.18. The molecule has 29 heavy (non-hydrogen) atoms. The van der Waals surface area contributed by atoms with Gasteiger partial charge in [-0.3, -0.25) is 4.79 Å². The van der Waals surface area contributed by atoms with Gasteiger partial charge < -0.3 is 15.5 Å². The van der Waals surface area contributed by atoms with Crippen LogP contribution in [0.5, 0.6) is 0 Å². The normalized spacial score (nSPS) is 14.8. The predicted molar refractivity (Wildman–Crippen MR) is 116 cm³/mol. The van der Waals surface area contributed by atoms with Crippen LogP contribution in [-0.2, 0) is 11.3 Å². The minimum atomic E-state index is -0.204. The first-order valence-electron chi connectivity index (χ1n) is 10.0. The molecule has 1 aliphatic rings. The highest BCUT2D eigenvalue weighted by molar-refractivity contribution is 5.95. The quantitative estimate of drug-likeness (QED) is 0.676. The van der Waals surface area contributed by atoms with Crippen LogP contribution in [0.3, 0.4) is 0 Å². The van der Waals surface area contributed by atoms with Crippen LogP contribution < -0.4 is 15.5 Å². The van der Waals surface area contributed by atoms with Gasteiger partial charge in [0.1, 0.15) is 0 Å². The lowest BCUT2D eigenvalue weighted by Gasteiger charge is -2.17. The fourth-order valence-electron chi connectivity index (χ4n) is 3.71. The average molecular weight is 387 g/mol. The van der Waals surface area contributed by atoms with Gasteiger partial charge in [0.25, 0.3) is 0 Å². The molecular weight excluding hydrogens is 362 g/mol. The maximum Gasteiger partial charge on any atom is 0.315 e. The van der Waals surface area contributed by atoms with E-state index in [-0.39, 0.29) is 18.0 Å². The Bertz CT molecular complexity index is 1030. The molecule has 2 N–H and O–H groups in total. The molecule has 148 valence electrons. The zero-order valence-corrected chi connectivity index (χ0v) is 16.5. The maximum absolute atomic E-state index is 12.3. The molecule has 0 radical (unpaired) electrons. The number of hydrogen-bond donors (Lipinski definition) is 2. The van der Waals surface area contributed by atoms with Crippen molar-refractivity contribution in [3.05, 3.63) is 77.9 Å². The number of nitrogens with zero attached hydrogens (tertiary/aromatic N) is 1. The first kappa shape index (κ1) is 19.0. The smallest absolute Gasteiger partial charge is 0.315 e. The van der Waals surface area contributed by atoms with Crippen molar-refractivity contribution in [1.29, 1.82) is 0 Å². The number of hydrogen-bond acceptors (Lipinski definition) is 2. The third kappa shape index (κ3) is 4.40. The Labute approximate surface area is 170 Å². The van der Waals surface area contributed by atoms with Crippen LogP contribution >= 0.6 is 0 Å². The van der Waals surface area contributed by atoms with E-state index in [1.54, 1.807) is 0 Å². The molecule has 0 aliphatic carbocycles. The summed E-state index contributed by atoms with van der Waals surface area (Å²) in [4.78, 5) is 25.9. The fraction of sp³-hybridized carbons (Fsp3) is 0.250. The molecule has 1 atom stereocenters. The monoisotopic (exact) mass is 387 g/mol. The van der Waals surface area contributed by atoms with Crippen LogP contribution in [0.1, 0.15) is 36.9 Å². The zero-order chi connectivity index (χ0) is 20.2. The molecule has 0 saturated carbocycles. The molecule has 3 aromatic rings. The van der Waals surface area contributed by atoms with E-state index < -0.39 is 0 Å². The third-order valence-corrected chi connectivity index (χ3v) is 5.40. The van der Waals surface area contributed by atoms with Gasteiger partial charge in [-0.1, -0.05) is 48.5 Å². The lowest BCUT2D eigenvalue weighted by molar-refractivity contribution is -0.117. The van der Waals surface area contributed by atoms with Crippen LogP contribution in [0.4, 0.5) is 10.5 Å². The van der Waals surface area contributed by atoms with E-state index in [0.717, 1.165) is 35.2 Å². The highest BCUT2D eigenvalue weighted by Crippen LogP contribution is 2.22. The van der Waals surface area contributed by atoms with Gasteiger partial charge in [-0.15, -0.1) is 0 Å². The number of carbonyl (C=O) groups is 2. The number of amides is 3. The van der Waals surface area contributed by atoms with Gasteiger partial charge in [0.15, 0.2) is 0 Å². The summed E-state index contributed by atoms with van der Waals surface area (Å²) in [5.41, 5.74) is 2.98. The van der Waals surface area contributed by atoms with Gasteiger partial charge >= 0.3 is 6.03 Å². The topological polar surface area (TPSA) is 61.4 Å². The Morgan fingerprint density at radius 1 is 1.03 bits per heavy atom. The Kier molecular flexibility index (Phi) is 5.47. The summed E-state index contributed by atoms with van der Waals surface area (Å²) < 4.78 is 0. The summed E-state index contributed by atoms with van der Waals surface area (Å²) in [6.45, 7) is 3.20. The zero-order valence-electron chi connectivity index (χ0n) is 16.5. The molecule has 0 aromatic heterocycles. The van der Waals surface area contributed by atoms with Crippen molar-refractivity contribution >= 4 is 28.4 Å². The van der Waals surface area contributed by atoms with Crippen LogP contribution in [-0.4, -0.2) is 18.5 Å². The van der Waals surface area contributed by atoms with E-state index >= 15 is 0 Å². The molecule has 1 unspecified atom stereocenters. The van der Waals surface area contributed by atoms with E-state index in [4.69, 9.17) is 0 Å². The van der Waals surface area contributed by atoms with Gasteiger partial charge in [0.05, 0.1) is 6.04 Å². The molecular formula is C24H25N3O2. The number of urea groups is 1. The van der Waals surface area contributed by atoms with E-state index in [1.807, 2.05) is 54.3 Å². The van der Waals surface area contributed by atoms with E-state index in [1.165, 1.54) is 5.39 Å². The van der Waals surface area contributed by atoms with Crippen molar-refractivity contribution in [2.75, 3.05) is 11.4 Å². The number of anilines is 1. The van der Waals surface area contributed by atoms with Crippen LogP contribution in [0.15, 0.2) is 66.7 Å². The number of nitrogens with one attached hydrogen (secondary N) is 2. The highest BCUT2D eigenvalue weighted by atomic mass is 16.2. The van der Waals surface area contributed by atoms with Gasteiger partial charge in [-0.2, -0.15) is 0 Å². The lowest BCUT2D eigenvalue weighted by Crippen LogP contribution is -2.36. The number of benzene rings is 3. The molecule has 0 bridgehead atoms. The first-order chi connectivity index (χ1) is 14.1. The molecule has 1 aliphatic heterocycles. The molecule has 1 heterocycles. The number of rotatable bonds is 5. The molecule has 5 nitrogen and oxygen atoms in total. The molecule has 3 amide bonds. The van der Waals surface area contributed by atoms with Gasteiger partial charge in [-0.25, -0.2) is 4.79 Å². The Balaban J connectivity index is 1.31. The third-order valence-electron chi connectivity index (χ3n) is 5.40. The van der Waals surface area contributed by atoms with Crippen LogP contribution in [0.2, 0.25) is 0 Å². The van der Waals surface area contributed by atoms with Crippen molar-refractivity contribution < 1.29 is 9.59 Å². The fourth-order valence-corrected chi connectivity index (χ4v) is 3.71. The summed E-state index contributed by atoms with van der Waals surface area (Å²) in [5.74, 6) is 0.179. The lowest BCUT2D eigenvalue weighted by atomic mass is 10.0. The van der Waals surface area contributed by atoms with E-state index in [0.29, 0.717) is 13.0 Å². The van der Waals surface area contributed by atoms with E-state index in [9.17, 15) is 9.59 Å².